The maximum Gasteiger partial charge on any atom is 0.237 e. The van der Waals surface area contributed by atoms with Crippen molar-refractivity contribution in [2.24, 2.45) is 11.1 Å². The fraction of sp³-hybridized carbons (Fsp3) is 0.500. The number of carbonyl (C=O) groups is 1. The summed E-state index contributed by atoms with van der Waals surface area (Å²) >= 11 is 0. The number of rotatable bonds is 3. The van der Waals surface area contributed by atoms with Crippen molar-refractivity contribution in [1.82, 2.24) is 5.32 Å². The Morgan fingerprint density at radius 2 is 1.76 bits per heavy atom. The van der Waals surface area contributed by atoms with Crippen LogP contribution in [0.2, 0.25) is 0 Å². The molecule has 0 unspecified atom stereocenters. The van der Waals surface area contributed by atoms with Crippen LogP contribution in [0.3, 0.4) is 0 Å². The summed E-state index contributed by atoms with van der Waals surface area (Å²) in [4.78, 5) is 11.9. The van der Waals surface area contributed by atoms with E-state index in [1.165, 1.54) is 0 Å². The van der Waals surface area contributed by atoms with E-state index in [1.54, 1.807) is 0 Å². The monoisotopic (exact) mass is 234 g/mol. The number of hydrogen-bond acceptors (Lipinski definition) is 2. The lowest BCUT2D eigenvalue weighted by atomic mass is 9.86. The van der Waals surface area contributed by atoms with Crippen molar-refractivity contribution in [3.05, 3.63) is 35.9 Å². The normalized spacial score (nSPS) is 15.1. The van der Waals surface area contributed by atoms with Gasteiger partial charge in [0, 0.05) is 0 Å². The third kappa shape index (κ3) is 3.86. The maximum absolute atomic E-state index is 11.9. The van der Waals surface area contributed by atoms with Gasteiger partial charge in [-0.25, -0.2) is 0 Å². The highest BCUT2D eigenvalue weighted by molar-refractivity contribution is 5.82. The van der Waals surface area contributed by atoms with E-state index in [2.05, 4.69) is 5.32 Å². The lowest BCUT2D eigenvalue weighted by Crippen LogP contribution is -2.49. The van der Waals surface area contributed by atoms with Gasteiger partial charge in [0.25, 0.3) is 0 Å². The zero-order valence-electron chi connectivity index (χ0n) is 11.0. The van der Waals surface area contributed by atoms with Crippen molar-refractivity contribution < 1.29 is 4.79 Å². The van der Waals surface area contributed by atoms with Gasteiger partial charge in [-0.1, -0.05) is 51.1 Å². The molecule has 2 atom stereocenters. The minimum Gasteiger partial charge on any atom is -0.348 e. The highest BCUT2D eigenvalue weighted by Crippen LogP contribution is 2.19. The predicted octanol–water partition coefficient (Wildman–Crippen LogP) is 2.24. The van der Waals surface area contributed by atoms with Gasteiger partial charge in [-0.15, -0.1) is 0 Å². The van der Waals surface area contributed by atoms with Crippen LogP contribution in [0.25, 0.3) is 0 Å². The summed E-state index contributed by atoms with van der Waals surface area (Å²) in [6, 6.07) is 9.36. The molecule has 17 heavy (non-hydrogen) atoms. The molecule has 0 heterocycles. The van der Waals surface area contributed by atoms with Crippen molar-refractivity contribution in [3.8, 4) is 0 Å². The number of nitrogens with one attached hydrogen (secondary N) is 1. The van der Waals surface area contributed by atoms with Gasteiger partial charge in [0.2, 0.25) is 5.91 Å². The van der Waals surface area contributed by atoms with Crippen LogP contribution in [0, 0.1) is 5.41 Å². The molecule has 3 nitrogen and oxygen atoms in total. The van der Waals surface area contributed by atoms with Crippen LogP contribution in [0.15, 0.2) is 30.3 Å². The van der Waals surface area contributed by atoms with Crippen molar-refractivity contribution >= 4 is 5.91 Å². The van der Waals surface area contributed by atoms with Crippen LogP contribution in [0.5, 0.6) is 0 Å². The SMILES string of the molecule is C[C@@H](NC(=O)[C@H](N)C(C)(C)C)c1ccccc1. The highest BCUT2D eigenvalue weighted by atomic mass is 16.2. The molecule has 0 aliphatic carbocycles. The molecule has 1 aromatic carbocycles. The van der Waals surface area contributed by atoms with Crippen molar-refractivity contribution in [2.75, 3.05) is 0 Å². The average molecular weight is 234 g/mol. The van der Waals surface area contributed by atoms with Gasteiger partial charge >= 0.3 is 0 Å². The largest absolute Gasteiger partial charge is 0.348 e. The Labute approximate surface area is 103 Å². The number of hydrogen-bond donors (Lipinski definition) is 2. The Morgan fingerprint density at radius 3 is 2.24 bits per heavy atom. The Hall–Kier alpha value is -1.35. The number of nitrogens with two attached hydrogens (primary N) is 1. The summed E-state index contributed by atoms with van der Waals surface area (Å²) in [5, 5.41) is 2.94. The van der Waals surface area contributed by atoms with Gasteiger partial charge in [0.05, 0.1) is 12.1 Å². The van der Waals surface area contributed by atoms with Crippen LogP contribution >= 0.6 is 0 Å². The van der Waals surface area contributed by atoms with Gasteiger partial charge in [-0.05, 0) is 17.9 Å². The van der Waals surface area contributed by atoms with E-state index in [9.17, 15) is 4.79 Å². The molecule has 0 saturated carbocycles. The zero-order chi connectivity index (χ0) is 13.1. The Kier molecular flexibility index (Phi) is 4.29. The third-order valence-electron chi connectivity index (χ3n) is 2.87. The minimum absolute atomic E-state index is 0.0166. The molecule has 0 aromatic heterocycles. The second-order valence-electron chi connectivity index (χ2n) is 5.48. The molecular weight excluding hydrogens is 212 g/mol. The quantitative estimate of drug-likeness (QED) is 0.842. The van der Waals surface area contributed by atoms with Crippen molar-refractivity contribution in [2.45, 2.75) is 39.8 Å². The summed E-state index contributed by atoms with van der Waals surface area (Å²) in [5.41, 5.74) is 6.77. The van der Waals surface area contributed by atoms with Gasteiger partial charge in [-0.2, -0.15) is 0 Å². The van der Waals surface area contributed by atoms with Gasteiger partial charge in [0.1, 0.15) is 0 Å². The molecule has 94 valence electrons. The van der Waals surface area contributed by atoms with Crippen LogP contribution in [0.4, 0.5) is 0 Å². The topological polar surface area (TPSA) is 55.1 Å². The van der Waals surface area contributed by atoms with E-state index in [4.69, 9.17) is 5.73 Å². The van der Waals surface area contributed by atoms with Crippen LogP contribution < -0.4 is 11.1 Å². The molecule has 3 N–H and O–H groups in total. The molecule has 1 amide bonds. The van der Waals surface area contributed by atoms with Crippen LogP contribution in [0.1, 0.15) is 39.3 Å². The summed E-state index contributed by atoms with van der Waals surface area (Å²) in [6.45, 7) is 7.85. The lowest BCUT2D eigenvalue weighted by Gasteiger charge is -2.27. The standard InChI is InChI=1S/C14H22N2O/c1-10(11-8-6-5-7-9-11)16-13(17)12(15)14(2,3)4/h5-10,12H,15H2,1-4H3,(H,16,17)/t10-,12+/m1/s1. The lowest BCUT2D eigenvalue weighted by molar-refractivity contribution is -0.125. The molecule has 0 aliphatic heterocycles. The van der Waals surface area contributed by atoms with Gasteiger partial charge in [0.15, 0.2) is 0 Å². The van der Waals surface area contributed by atoms with Gasteiger partial charge < -0.3 is 11.1 Å². The molecule has 1 aromatic rings. The first-order valence-electron chi connectivity index (χ1n) is 5.93. The second kappa shape index (κ2) is 5.32. The van der Waals surface area contributed by atoms with Crippen LogP contribution in [-0.4, -0.2) is 11.9 Å². The van der Waals surface area contributed by atoms with Crippen LogP contribution in [-0.2, 0) is 4.79 Å². The molecule has 0 bridgehead atoms. The number of carbonyl (C=O) groups excluding carboxylic acids is 1. The fourth-order valence-corrected chi connectivity index (χ4v) is 1.52. The summed E-state index contributed by atoms with van der Waals surface area (Å²) in [7, 11) is 0. The maximum atomic E-state index is 11.9. The Balaban J connectivity index is 2.64. The first-order valence-corrected chi connectivity index (χ1v) is 5.93. The highest BCUT2D eigenvalue weighted by Gasteiger charge is 2.28. The summed E-state index contributed by atoms with van der Waals surface area (Å²) in [6.07, 6.45) is 0. The average Bonchev–Trinajstić information content (AvgIpc) is 2.27. The Bertz CT molecular complexity index is 368. The van der Waals surface area contributed by atoms with Crippen molar-refractivity contribution in [3.63, 3.8) is 0 Å². The zero-order valence-corrected chi connectivity index (χ0v) is 11.0. The third-order valence-corrected chi connectivity index (χ3v) is 2.87. The molecular formula is C14H22N2O. The molecule has 0 fully saturated rings. The number of benzene rings is 1. The van der Waals surface area contributed by atoms with E-state index in [1.807, 2.05) is 58.0 Å². The molecule has 3 heteroatoms. The first kappa shape index (κ1) is 13.7. The Morgan fingerprint density at radius 1 is 1.24 bits per heavy atom. The molecule has 0 radical (unpaired) electrons. The molecule has 0 aliphatic rings. The predicted molar refractivity (Wildman–Crippen MR) is 70.4 cm³/mol. The second-order valence-corrected chi connectivity index (χ2v) is 5.48. The smallest absolute Gasteiger partial charge is 0.237 e. The van der Waals surface area contributed by atoms with Crippen molar-refractivity contribution in [1.29, 1.82) is 0 Å². The summed E-state index contributed by atoms with van der Waals surface area (Å²) < 4.78 is 0. The van der Waals surface area contributed by atoms with E-state index in [-0.39, 0.29) is 17.4 Å². The van der Waals surface area contributed by atoms with E-state index >= 15 is 0 Å². The summed E-state index contributed by atoms with van der Waals surface area (Å²) in [5.74, 6) is -0.103. The molecule has 0 saturated heterocycles. The minimum atomic E-state index is -0.492. The first-order chi connectivity index (χ1) is 7.82. The van der Waals surface area contributed by atoms with E-state index in [0.29, 0.717) is 0 Å². The molecule has 0 spiro atoms. The van der Waals surface area contributed by atoms with Gasteiger partial charge in [-0.3, -0.25) is 4.79 Å². The van der Waals surface area contributed by atoms with E-state index < -0.39 is 6.04 Å². The number of amides is 1. The molecule has 1 rings (SSSR count). The fourth-order valence-electron chi connectivity index (χ4n) is 1.52. The van der Waals surface area contributed by atoms with E-state index in [0.717, 1.165) is 5.56 Å².